The van der Waals surface area contributed by atoms with Crippen molar-refractivity contribution in [3.8, 4) is 0 Å². The van der Waals surface area contributed by atoms with Gasteiger partial charge in [-0.2, -0.15) is 5.10 Å². The van der Waals surface area contributed by atoms with Crippen molar-refractivity contribution in [1.82, 2.24) is 15.1 Å². The summed E-state index contributed by atoms with van der Waals surface area (Å²) in [6.45, 7) is 6.61. The Morgan fingerprint density at radius 3 is 3.00 bits per heavy atom. The number of aryl methyl sites for hydroxylation is 1. The predicted molar refractivity (Wildman–Crippen MR) is 74.0 cm³/mol. The third-order valence-corrected chi connectivity index (χ3v) is 3.36. The zero-order chi connectivity index (χ0) is 12.3. The van der Waals surface area contributed by atoms with E-state index >= 15 is 0 Å². The third kappa shape index (κ3) is 3.23. The summed E-state index contributed by atoms with van der Waals surface area (Å²) >= 11 is 0. The average Bonchev–Trinajstić information content (AvgIpc) is 2.78. The molecule has 1 atom stereocenters. The van der Waals surface area contributed by atoms with Gasteiger partial charge in [0.1, 0.15) is 0 Å². The quantitative estimate of drug-likeness (QED) is 0.880. The average molecular weight is 273 g/mol. The van der Waals surface area contributed by atoms with E-state index in [9.17, 15) is 4.79 Å². The highest BCUT2D eigenvalue weighted by Gasteiger charge is 2.34. The first-order valence-electron chi connectivity index (χ1n) is 6.19. The Hall–Kier alpha value is -1.07. The van der Waals surface area contributed by atoms with Crippen molar-refractivity contribution in [2.75, 3.05) is 18.4 Å². The van der Waals surface area contributed by atoms with E-state index in [1.165, 1.54) is 0 Å². The number of aromatic nitrogens is 2. The predicted octanol–water partition coefficient (Wildman–Crippen LogP) is 1.65. The van der Waals surface area contributed by atoms with Crippen LogP contribution in [0, 0.1) is 5.41 Å². The number of carbonyl (C=O) groups is 1. The van der Waals surface area contributed by atoms with Crippen LogP contribution in [-0.4, -0.2) is 28.8 Å². The fourth-order valence-corrected chi connectivity index (χ4v) is 2.13. The van der Waals surface area contributed by atoms with Gasteiger partial charge in [-0.3, -0.25) is 9.48 Å². The molecule has 0 radical (unpaired) electrons. The topological polar surface area (TPSA) is 59.0 Å². The van der Waals surface area contributed by atoms with Crippen molar-refractivity contribution in [3.63, 3.8) is 0 Å². The molecule has 1 aliphatic rings. The van der Waals surface area contributed by atoms with Crippen molar-refractivity contribution in [2.24, 2.45) is 5.41 Å². The number of halogens is 1. The van der Waals surface area contributed by atoms with Crippen LogP contribution in [0.2, 0.25) is 0 Å². The molecule has 5 nitrogen and oxygen atoms in total. The van der Waals surface area contributed by atoms with E-state index in [2.05, 4.69) is 15.7 Å². The molecule has 1 aliphatic heterocycles. The molecule has 1 aromatic rings. The van der Waals surface area contributed by atoms with E-state index in [-0.39, 0.29) is 23.7 Å². The van der Waals surface area contributed by atoms with Gasteiger partial charge in [0, 0.05) is 19.3 Å². The van der Waals surface area contributed by atoms with Crippen LogP contribution in [0.3, 0.4) is 0 Å². The summed E-state index contributed by atoms with van der Waals surface area (Å²) < 4.78 is 1.80. The lowest BCUT2D eigenvalue weighted by Gasteiger charge is -2.32. The van der Waals surface area contributed by atoms with E-state index in [4.69, 9.17) is 0 Å². The van der Waals surface area contributed by atoms with Gasteiger partial charge < -0.3 is 10.6 Å². The first-order chi connectivity index (χ1) is 8.14. The number of carbonyl (C=O) groups excluding carboxylic acids is 1. The van der Waals surface area contributed by atoms with Crippen LogP contribution in [0.4, 0.5) is 5.69 Å². The summed E-state index contributed by atoms with van der Waals surface area (Å²) in [4.78, 5) is 12.2. The van der Waals surface area contributed by atoms with Gasteiger partial charge in [0.25, 0.3) is 0 Å². The van der Waals surface area contributed by atoms with Crippen molar-refractivity contribution in [1.29, 1.82) is 0 Å². The second-order valence-electron chi connectivity index (χ2n) is 4.88. The van der Waals surface area contributed by atoms with Crippen LogP contribution in [-0.2, 0) is 11.3 Å². The van der Waals surface area contributed by atoms with E-state index in [1.807, 2.05) is 20.0 Å². The lowest BCUT2D eigenvalue weighted by Crippen LogP contribution is -2.45. The van der Waals surface area contributed by atoms with Crippen molar-refractivity contribution in [3.05, 3.63) is 12.4 Å². The monoisotopic (exact) mass is 272 g/mol. The van der Waals surface area contributed by atoms with E-state index in [0.29, 0.717) is 0 Å². The molecule has 1 fully saturated rings. The van der Waals surface area contributed by atoms with Gasteiger partial charge in [-0.1, -0.05) is 0 Å². The molecule has 0 aromatic carbocycles. The summed E-state index contributed by atoms with van der Waals surface area (Å²) in [7, 11) is 0. The zero-order valence-electron chi connectivity index (χ0n) is 10.9. The van der Waals surface area contributed by atoms with E-state index < -0.39 is 0 Å². The van der Waals surface area contributed by atoms with Gasteiger partial charge in [-0.25, -0.2) is 0 Å². The van der Waals surface area contributed by atoms with Crippen LogP contribution in [0.1, 0.15) is 26.7 Å². The van der Waals surface area contributed by atoms with Gasteiger partial charge in [-0.05, 0) is 33.2 Å². The number of hydrogen-bond donors (Lipinski definition) is 2. The van der Waals surface area contributed by atoms with Crippen LogP contribution in [0.15, 0.2) is 12.4 Å². The Morgan fingerprint density at radius 1 is 1.67 bits per heavy atom. The third-order valence-electron chi connectivity index (χ3n) is 3.36. The lowest BCUT2D eigenvalue weighted by atomic mass is 9.82. The number of rotatable bonds is 3. The highest BCUT2D eigenvalue weighted by Crippen LogP contribution is 2.27. The highest BCUT2D eigenvalue weighted by atomic mass is 35.5. The number of anilines is 1. The maximum atomic E-state index is 12.2. The molecule has 2 rings (SSSR count). The van der Waals surface area contributed by atoms with Gasteiger partial charge >= 0.3 is 0 Å². The summed E-state index contributed by atoms with van der Waals surface area (Å²) in [5, 5.41) is 10.4. The van der Waals surface area contributed by atoms with Crippen molar-refractivity contribution in [2.45, 2.75) is 33.2 Å². The Balaban J connectivity index is 0.00000162. The largest absolute Gasteiger partial charge is 0.323 e. The van der Waals surface area contributed by atoms with Gasteiger partial charge in [0.2, 0.25) is 5.91 Å². The minimum Gasteiger partial charge on any atom is -0.323 e. The van der Waals surface area contributed by atoms with Gasteiger partial charge in [0.05, 0.1) is 17.3 Å². The summed E-state index contributed by atoms with van der Waals surface area (Å²) in [5.74, 6) is 0.0837. The second-order valence-corrected chi connectivity index (χ2v) is 4.88. The maximum Gasteiger partial charge on any atom is 0.231 e. The standard InChI is InChI=1S/C12H20N4O.ClH/c1-3-16-8-10(7-14-16)15-11(17)12(2)5-4-6-13-9-12;/h7-8,13H,3-6,9H2,1-2H3,(H,15,17);1H. The smallest absolute Gasteiger partial charge is 0.231 e. The number of amides is 1. The molecule has 18 heavy (non-hydrogen) atoms. The minimum atomic E-state index is -0.299. The van der Waals surface area contributed by atoms with Gasteiger partial charge in [-0.15, -0.1) is 12.4 Å². The van der Waals surface area contributed by atoms with Crippen LogP contribution >= 0.6 is 12.4 Å². The molecule has 0 bridgehead atoms. The first kappa shape index (κ1) is 15.0. The number of nitrogens with one attached hydrogen (secondary N) is 2. The molecule has 1 aromatic heterocycles. The zero-order valence-corrected chi connectivity index (χ0v) is 11.7. The molecule has 0 spiro atoms. The molecule has 102 valence electrons. The molecule has 6 heteroatoms. The molecule has 2 N–H and O–H groups in total. The molecule has 1 unspecified atom stereocenters. The number of piperidine rings is 1. The van der Waals surface area contributed by atoms with Crippen LogP contribution in [0.5, 0.6) is 0 Å². The van der Waals surface area contributed by atoms with Crippen molar-refractivity contribution >= 4 is 24.0 Å². The fraction of sp³-hybridized carbons (Fsp3) is 0.667. The van der Waals surface area contributed by atoms with Crippen LogP contribution < -0.4 is 10.6 Å². The maximum absolute atomic E-state index is 12.2. The molecule has 0 saturated carbocycles. The Labute approximate surface area is 114 Å². The highest BCUT2D eigenvalue weighted by molar-refractivity contribution is 5.95. The second kappa shape index (κ2) is 6.20. The molecule has 2 heterocycles. The summed E-state index contributed by atoms with van der Waals surface area (Å²) in [6, 6.07) is 0. The van der Waals surface area contributed by atoms with Gasteiger partial charge in [0.15, 0.2) is 0 Å². The molecular weight excluding hydrogens is 252 g/mol. The minimum absolute atomic E-state index is 0. The first-order valence-corrected chi connectivity index (χ1v) is 6.19. The normalized spacial score (nSPS) is 23.2. The Kier molecular flexibility index (Phi) is 5.16. The molecular formula is C12H21ClN4O. The molecule has 1 saturated heterocycles. The number of nitrogens with zero attached hydrogens (tertiary/aromatic N) is 2. The summed E-state index contributed by atoms with van der Waals surface area (Å²) in [5.41, 5.74) is 0.482. The molecule has 1 amide bonds. The van der Waals surface area contributed by atoms with Crippen LogP contribution in [0.25, 0.3) is 0 Å². The fourth-order valence-electron chi connectivity index (χ4n) is 2.13. The Bertz CT molecular complexity index is 399. The molecule has 0 aliphatic carbocycles. The lowest BCUT2D eigenvalue weighted by molar-refractivity contribution is -0.125. The van der Waals surface area contributed by atoms with E-state index in [1.54, 1.807) is 10.9 Å². The summed E-state index contributed by atoms with van der Waals surface area (Å²) in [6.07, 6.45) is 5.55. The van der Waals surface area contributed by atoms with Crippen molar-refractivity contribution < 1.29 is 4.79 Å². The SMILES string of the molecule is CCn1cc(NC(=O)C2(C)CCCNC2)cn1.Cl. The number of hydrogen-bond acceptors (Lipinski definition) is 3. The Morgan fingerprint density at radius 2 is 2.44 bits per heavy atom. The van der Waals surface area contributed by atoms with E-state index in [0.717, 1.165) is 38.2 Å².